The number of nitrogens with one attached hydrogen (secondary N) is 1. The van der Waals surface area contributed by atoms with Gasteiger partial charge in [-0.3, -0.25) is 4.72 Å². The maximum absolute atomic E-state index is 12.7. The van der Waals surface area contributed by atoms with Crippen LogP contribution in [0.15, 0.2) is 88.3 Å². The lowest BCUT2D eigenvalue weighted by Crippen LogP contribution is -2.13. The Bertz CT molecular complexity index is 1220. The molecule has 0 unspecified atom stereocenters. The van der Waals surface area contributed by atoms with Crippen molar-refractivity contribution in [2.45, 2.75) is 18.7 Å². The molecule has 0 bridgehead atoms. The van der Waals surface area contributed by atoms with Crippen molar-refractivity contribution >= 4 is 15.7 Å². The number of aryl methyl sites for hydroxylation is 2. The first kappa shape index (κ1) is 19.0. The Morgan fingerprint density at radius 3 is 2.14 bits per heavy atom. The van der Waals surface area contributed by atoms with Crippen LogP contribution < -0.4 is 4.72 Å². The fraction of sp³-hybridized carbons (Fsp3) is 0.0870. The molecule has 1 aromatic heterocycles. The van der Waals surface area contributed by atoms with E-state index in [1.165, 1.54) is 0 Å². The van der Waals surface area contributed by atoms with Gasteiger partial charge in [-0.1, -0.05) is 36.4 Å². The molecule has 4 rings (SSSR count). The minimum Gasteiger partial charge on any atom is -0.436 e. The van der Waals surface area contributed by atoms with Gasteiger partial charge in [-0.25, -0.2) is 13.4 Å². The van der Waals surface area contributed by atoms with Gasteiger partial charge in [-0.2, -0.15) is 0 Å². The smallest absolute Gasteiger partial charge is 0.261 e. The predicted molar refractivity (Wildman–Crippen MR) is 114 cm³/mol. The molecule has 3 aromatic carbocycles. The molecule has 0 radical (unpaired) electrons. The van der Waals surface area contributed by atoms with Crippen molar-refractivity contribution in [1.29, 1.82) is 0 Å². The maximum Gasteiger partial charge on any atom is 0.261 e. The Morgan fingerprint density at radius 1 is 0.828 bits per heavy atom. The van der Waals surface area contributed by atoms with E-state index in [0.717, 1.165) is 16.7 Å². The Kier molecular flexibility index (Phi) is 4.94. The Labute approximate surface area is 170 Å². The molecule has 1 heterocycles. The van der Waals surface area contributed by atoms with Crippen LogP contribution in [-0.2, 0) is 10.0 Å². The summed E-state index contributed by atoms with van der Waals surface area (Å²) in [6.07, 6.45) is 1.66. The summed E-state index contributed by atoms with van der Waals surface area (Å²) in [4.78, 5) is 4.49. The number of anilines is 1. The normalized spacial score (nSPS) is 11.4. The van der Waals surface area contributed by atoms with Crippen molar-refractivity contribution in [3.8, 4) is 22.8 Å². The van der Waals surface area contributed by atoms with Crippen LogP contribution in [0.4, 0.5) is 5.69 Å². The monoisotopic (exact) mass is 404 g/mol. The number of benzene rings is 3. The second-order valence-electron chi connectivity index (χ2n) is 6.90. The van der Waals surface area contributed by atoms with E-state index in [2.05, 4.69) is 9.71 Å². The van der Waals surface area contributed by atoms with Crippen molar-refractivity contribution in [3.63, 3.8) is 0 Å². The second-order valence-corrected chi connectivity index (χ2v) is 8.58. The third-order valence-corrected chi connectivity index (χ3v) is 5.85. The third-order valence-electron chi connectivity index (χ3n) is 4.45. The maximum atomic E-state index is 12.7. The molecule has 0 fully saturated rings. The van der Waals surface area contributed by atoms with Gasteiger partial charge in [-0.15, -0.1) is 0 Å². The fourth-order valence-electron chi connectivity index (χ4n) is 3.17. The van der Waals surface area contributed by atoms with E-state index in [-0.39, 0.29) is 4.90 Å². The Morgan fingerprint density at radius 2 is 1.48 bits per heavy atom. The number of sulfonamides is 1. The standard InChI is InChI=1S/C23H20N2O3S/c1-16-12-17(2)14-20(13-16)25-29(26,27)21-10-8-19(9-11-21)23-24-15-22(28-23)18-6-4-3-5-7-18/h3-15,25H,1-2H3. The van der Waals surface area contributed by atoms with E-state index in [1.807, 2.05) is 50.2 Å². The van der Waals surface area contributed by atoms with Crippen LogP contribution >= 0.6 is 0 Å². The van der Waals surface area contributed by atoms with Gasteiger partial charge in [0.2, 0.25) is 5.89 Å². The molecule has 146 valence electrons. The van der Waals surface area contributed by atoms with Crippen LogP contribution in [0.1, 0.15) is 11.1 Å². The molecule has 0 aliphatic carbocycles. The van der Waals surface area contributed by atoms with Crippen LogP contribution in [0.5, 0.6) is 0 Å². The summed E-state index contributed by atoms with van der Waals surface area (Å²) >= 11 is 0. The number of nitrogens with zero attached hydrogens (tertiary/aromatic N) is 1. The van der Waals surface area contributed by atoms with Crippen molar-refractivity contribution in [2.24, 2.45) is 0 Å². The highest BCUT2D eigenvalue weighted by Gasteiger charge is 2.16. The zero-order valence-corrected chi connectivity index (χ0v) is 16.9. The number of hydrogen-bond donors (Lipinski definition) is 1. The van der Waals surface area contributed by atoms with Crippen LogP contribution in [0, 0.1) is 13.8 Å². The number of oxazole rings is 1. The number of aromatic nitrogens is 1. The van der Waals surface area contributed by atoms with Gasteiger partial charge in [0.05, 0.1) is 11.1 Å². The predicted octanol–water partition coefficient (Wildman–Crippen LogP) is 5.43. The fourth-order valence-corrected chi connectivity index (χ4v) is 4.21. The topological polar surface area (TPSA) is 72.2 Å². The summed E-state index contributed by atoms with van der Waals surface area (Å²) in [7, 11) is -3.68. The van der Waals surface area contributed by atoms with Crippen LogP contribution in [0.3, 0.4) is 0 Å². The first-order valence-corrected chi connectivity index (χ1v) is 10.6. The minimum absolute atomic E-state index is 0.176. The average molecular weight is 404 g/mol. The van der Waals surface area contributed by atoms with Crippen molar-refractivity contribution < 1.29 is 12.8 Å². The molecule has 4 aromatic rings. The van der Waals surface area contributed by atoms with E-state index < -0.39 is 10.0 Å². The van der Waals surface area contributed by atoms with Gasteiger partial charge in [0.1, 0.15) is 0 Å². The molecule has 0 saturated carbocycles. The molecule has 6 heteroatoms. The van der Waals surface area contributed by atoms with E-state index in [0.29, 0.717) is 22.9 Å². The summed E-state index contributed by atoms with van der Waals surface area (Å²) in [6, 6.07) is 21.8. The molecular weight excluding hydrogens is 384 g/mol. The molecule has 0 spiro atoms. The summed E-state index contributed by atoms with van der Waals surface area (Å²) < 4.78 is 33.9. The molecule has 0 atom stereocenters. The SMILES string of the molecule is Cc1cc(C)cc(NS(=O)(=O)c2ccc(-c3ncc(-c4ccccc4)o3)cc2)c1. The van der Waals surface area contributed by atoms with Crippen molar-refractivity contribution in [1.82, 2.24) is 4.98 Å². The van der Waals surface area contributed by atoms with Gasteiger partial charge < -0.3 is 4.42 Å². The molecule has 0 amide bonds. The zero-order valence-electron chi connectivity index (χ0n) is 16.1. The average Bonchev–Trinajstić information content (AvgIpc) is 3.18. The highest BCUT2D eigenvalue weighted by molar-refractivity contribution is 7.92. The molecule has 0 aliphatic heterocycles. The van der Waals surface area contributed by atoms with Gasteiger partial charge in [0, 0.05) is 16.8 Å². The lowest BCUT2D eigenvalue weighted by Gasteiger charge is -2.10. The summed E-state index contributed by atoms with van der Waals surface area (Å²) in [6.45, 7) is 3.86. The van der Waals surface area contributed by atoms with Crippen molar-refractivity contribution in [2.75, 3.05) is 4.72 Å². The van der Waals surface area contributed by atoms with E-state index in [4.69, 9.17) is 4.42 Å². The molecule has 0 saturated heterocycles. The lowest BCUT2D eigenvalue weighted by molar-refractivity contribution is 0.588. The highest BCUT2D eigenvalue weighted by Crippen LogP contribution is 2.27. The molecule has 1 N–H and O–H groups in total. The first-order valence-electron chi connectivity index (χ1n) is 9.13. The number of hydrogen-bond acceptors (Lipinski definition) is 4. The molecular formula is C23H20N2O3S. The zero-order chi connectivity index (χ0) is 20.4. The van der Waals surface area contributed by atoms with Crippen LogP contribution in [0.25, 0.3) is 22.8 Å². The summed E-state index contributed by atoms with van der Waals surface area (Å²) in [5.41, 5.74) is 4.18. The molecule has 0 aliphatic rings. The Balaban J connectivity index is 1.57. The van der Waals surface area contributed by atoms with Crippen molar-refractivity contribution in [3.05, 3.63) is 90.1 Å². The minimum atomic E-state index is -3.68. The molecule has 29 heavy (non-hydrogen) atoms. The third kappa shape index (κ3) is 4.22. The van der Waals surface area contributed by atoms with E-state index >= 15 is 0 Å². The first-order chi connectivity index (χ1) is 13.9. The van der Waals surface area contributed by atoms with Gasteiger partial charge in [-0.05, 0) is 61.4 Å². The highest BCUT2D eigenvalue weighted by atomic mass is 32.2. The van der Waals surface area contributed by atoms with E-state index in [9.17, 15) is 8.42 Å². The number of rotatable bonds is 5. The largest absolute Gasteiger partial charge is 0.436 e. The van der Waals surface area contributed by atoms with E-state index in [1.54, 1.807) is 42.6 Å². The molecule has 5 nitrogen and oxygen atoms in total. The van der Waals surface area contributed by atoms with Crippen LogP contribution in [0.2, 0.25) is 0 Å². The quantitative estimate of drug-likeness (QED) is 0.482. The second kappa shape index (κ2) is 7.56. The Hall–Kier alpha value is -3.38. The summed E-state index contributed by atoms with van der Waals surface area (Å²) in [5.74, 6) is 1.10. The van der Waals surface area contributed by atoms with Crippen LogP contribution in [-0.4, -0.2) is 13.4 Å². The summed E-state index contributed by atoms with van der Waals surface area (Å²) in [5, 5.41) is 0. The van der Waals surface area contributed by atoms with Gasteiger partial charge >= 0.3 is 0 Å². The lowest BCUT2D eigenvalue weighted by atomic mass is 10.1. The van der Waals surface area contributed by atoms with Gasteiger partial charge in [0.15, 0.2) is 5.76 Å². The van der Waals surface area contributed by atoms with Gasteiger partial charge in [0.25, 0.3) is 10.0 Å².